The molecule has 2 rings (SSSR count). The van der Waals surface area contributed by atoms with E-state index in [2.05, 4.69) is 31.0 Å². The van der Waals surface area contributed by atoms with E-state index in [-0.39, 0.29) is 18.1 Å². The van der Waals surface area contributed by atoms with E-state index < -0.39 is 0 Å². The van der Waals surface area contributed by atoms with E-state index in [0.29, 0.717) is 6.04 Å². The van der Waals surface area contributed by atoms with E-state index in [1.165, 1.54) is 0 Å². The number of hydrogen-bond acceptors (Lipinski definition) is 4. The summed E-state index contributed by atoms with van der Waals surface area (Å²) in [6.45, 7) is 11.7. The Morgan fingerprint density at radius 1 is 1.42 bits per heavy atom. The van der Waals surface area contributed by atoms with Crippen LogP contribution in [0.2, 0.25) is 0 Å². The second-order valence-corrected chi connectivity index (χ2v) is 5.83. The highest BCUT2D eigenvalue weighted by Gasteiger charge is 2.34. The molecule has 2 saturated heterocycles. The van der Waals surface area contributed by atoms with Crippen molar-refractivity contribution in [1.82, 2.24) is 15.1 Å². The van der Waals surface area contributed by atoms with Crippen LogP contribution in [-0.4, -0.2) is 73.2 Å². The minimum atomic E-state index is 0.00543. The fraction of sp³-hybridized carbons (Fsp3) is 0.929. The molecular weight excluding hydrogens is 242 g/mol. The highest BCUT2D eigenvalue weighted by molar-refractivity contribution is 5.84. The molecule has 5 heteroatoms. The summed E-state index contributed by atoms with van der Waals surface area (Å²) in [5.74, 6) is 0.242. The summed E-state index contributed by atoms with van der Waals surface area (Å²) in [4.78, 5) is 16.6. The van der Waals surface area contributed by atoms with E-state index in [1.807, 2.05) is 4.90 Å². The number of amides is 1. The zero-order valence-corrected chi connectivity index (χ0v) is 12.4. The van der Waals surface area contributed by atoms with Crippen molar-refractivity contribution in [3.05, 3.63) is 0 Å². The van der Waals surface area contributed by atoms with Gasteiger partial charge in [0.25, 0.3) is 0 Å². The third-order valence-electron chi connectivity index (χ3n) is 3.93. The van der Waals surface area contributed by atoms with E-state index in [4.69, 9.17) is 4.74 Å². The lowest BCUT2D eigenvalue weighted by Crippen LogP contribution is -2.49. The van der Waals surface area contributed by atoms with Crippen molar-refractivity contribution in [3.8, 4) is 0 Å². The fourth-order valence-corrected chi connectivity index (χ4v) is 2.90. The number of nitrogens with one attached hydrogen (secondary N) is 1. The summed E-state index contributed by atoms with van der Waals surface area (Å²) in [5, 5.41) is 3.34. The van der Waals surface area contributed by atoms with Gasteiger partial charge < -0.3 is 15.0 Å². The van der Waals surface area contributed by atoms with Crippen molar-refractivity contribution >= 4 is 5.91 Å². The van der Waals surface area contributed by atoms with Gasteiger partial charge in [0.05, 0.1) is 18.8 Å². The van der Waals surface area contributed by atoms with Crippen LogP contribution < -0.4 is 5.32 Å². The summed E-state index contributed by atoms with van der Waals surface area (Å²) in [7, 11) is 0. The van der Waals surface area contributed by atoms with Crippen LogP contribution >= 0.6 is 0 Å². The largest absolute Gasteiger partial charge is 0.374 e. The van der Waals surface area contributed by atoms with Crippen LogP contribution in [0.4, 0.5) is 0 Å². The van der Waals surface area contributed by atoms with Crippen molar-refractivity contribution in [2.75, 3.05) is 39.3 Å². The monoisotopic (exact) mass is 269 g/mol. The minimum Gasteiger partial charge on any atom is -0.374 e. The molecule has 0 aromatic rings. The zero-order valence-electron chi connectivity index (χ0n) is 12.4. The third-order valence-corrected chi connectivity index (χ3v) is 3.93. The third kappa shape index (κ3) is 3.91. The highest BCUT2D eigenvalue weighted by atomic mass is 16.5. The van der Waals surface area contributed by atoms with Gasteiger partial charge >= 0.3 is 0 Å². The minimum absolute atomic E-state index is 0.00543. The first-order valence-corrected chi connectivity index (χ1v) is 7.49. The molecule has 2 atom stereocenters. The van der Waals surface area contributed by atoms with Gasteiger partial charge in [0.15, 0.2) is 0 Å². The number of morpholine rings is 1. The molecule has 0 aromatic heterocycles. The maximum Gasteiger partial charge on any atom is 0.239 e. The number of likely N-dealkylation sites (tertiary alicyclic amines) is 1. The maximum absolute atomic E-state index is 12.3. The molecule has 1 N–H and O–H groups in total. The summed E-state index contributed by atoms with van der Waals surface area (Å²) in [6, 6.07) is 0.362. The Hall–Kier alpha value is -0.650. The Morgan fingerprint density at radius 2 is 2.21 bits per heavy atom. The van der Waals surface area contributed by atoms with Gasteiger partial charge in [-0.2, -0.15) is 0 Å². The first-order chi connectivity index (χ1) is 9.10. The van der Waals surface area contributed by atoms with Crippen LogP contribution in [0.5, 0.6) is 0 Å². The molecule has 19 heavy (non-hydrogen) atoms. The quantitative estimate of drug-likeness (QED) is 0.780. The molecule has 0 aromatic carbocycles. The molecule has 2 aliphatic heterocycles. The number of nitrogens with zero attached hydrogens (tertiary/aromatic N) is 2. The number of hydrogen-bond donors (Lipinski definition) is 1. The van der Waals surface area contributed by atoms with Gasteiger partial charge in [0.1, 0.15) is 0 Å². The van der Waals surface area contributed by atoms with E-state index in [0.717, 1.165) is 45.8 Å². The average molecular weight is 269 g/mol. The van der Waals surface area contributed by atoms with Crippen LogP contribution in [0.3, 0.4) is 0 Å². The van der Waals surface area contributed by atoms with Gasteiger partial charge in [-0.3, -0.25) is 9.69 Å². The van der Waals surface area contributed by atoms with Crippen molar-refractivity contribution in [3.63, 3.8) is 0 Å². The van der Waals surface area contributed by atoms with Crippen LogP contribution in [0.25, 0.3) is 0 Å². The summed E-state index contributed by atoms with van der Waals surface area (Å²) in [5.41, 5.74) is 0. The molecule has 2 heterocycles. The number of ether oxygens (including phenoxy) is 1. The molecule has 2 fully saturated rings. The molecule has 0 saturated carbocycles. The second-order valence-electron chi connectivity index (χ2n) is 5.83. The number of likely N-dealkylation sites (N-methyl/N-ethyl adjacent to an activating group) is 1. The lowest BCUT2D eigenvalue weighted by molar-refractivity contribution is -0.132. The SMILES string of the molecule is CCN1CCOC(CN2CCC(NC(C)C)C2=O)C1. The van der Waals surface area contributed by atoms with Crippen LogP contribution in [-0.2, 0) is 9.53 Å². The Kier molecular flexibility index (Phi) is 5.19. The van der Waals surface area contributed by atoms with Gasteiger partial charge in [-0.1, -0.05) is 20.8 Å². The van der Waals surface area contributed by atoms with E-state index in [1.54, 1.807) is 0 Å². The summed E-state index contributed by atoms with van der Waals surface area (Å²) < 4.78 is 5.78. The van der Waals surface area contributed by atoms with Gasteiger partial charge in [-0.25, -0.2) is 0 Å². The van der Waals surface area contributed by atoms with Crippen LogP contribution in [0, 0.1) is 0 Å². The molecule has 0 aliphatic carbocycles. The van der Waals surface area contributed by atoms with Gasteiger partial charge in [0, 0.05) is 32.2 Å². The van der Waals surface area contributed by atoms with E-state index >= 15 is 0 Å². The van der Waals surface area contributed by atoms with Gasteiger partial charge in [-0.15, -0.1) is 0 Å². The molecule has 0 radical (unpaired) electrons. The van der Waals surface area contributed by atoms with Crippen molar-refractivity contribution in [2.24, 2.45) is 0 Å². The summed E-state index contributed by atoms with van der Waals surface area (Å²) in [6.07, 6.45) is 1.09. The standard InChI is InChI=1S/C14H27N3O2/c1-4-16-7-8-19-12(9-16)10-17-6-5-13(14(17)18)15-11(2)3/h11-13,15H,4-10H2,1-3H3. The zero-order chi connectivity index (χ0) is 13.8. The first kappa shape index (κ1) is 14.8. The lowest BCUT2D eigenvalue weighted by Gasteiger charge is -2.34. The van der Waals surface area contributed by atoms with Crippen molar-refractivity contribution < 1.29 is 9.53 Å². The van der Waals surface area contributed by atoms with Crippen molar-refractivity contribution in [1.29, 1.82) is 0 Å². The number of carbonyl (C=O) groups excluding carboxylic acids is 1. The van der Waals surface area contributed by atoms with E-state index in [9.17, 15) is 4.79 Å². The Balaban J connectivity index is 1.81. The van der Waals surface area contributed by atoms with Crippen LogP contribution in [0.15, 0.2) is 0 Å². The smallest absolute Gasteiger partial charge is 0.239 e. The summed E-state index contributed by atoms with van der Waals surface area (Å²) >= 11 is 0. The molecule has 0 bridgehead atoms. The Morgan fingerprint density at radius 3 is 2.89 bits per heavy atom. The fourth-order valence-electron chi connectivity index (χ4n) is 2.90. The van der Waals surface area contributed by atoms with Crippen LogP contribution in [0.1, 0.15) is 27.2 Å². The predicted molar refractivity (Wildman–Crippen MR) is 75.1 cm³/mol. The first-order valence-electron chi connectivity index (χ1n) is 7.49. The Labute approximate surface area is 116 Å². The molecular formula is C14H27N3O2. The van der Waals surface area contributed by atoms with Gasteiger partial charge in [0.2, 0.25) is 5.91 Å². The highest BCUT2D eigenvalue weighted by Crippen LogP contribution is 2.15. The Bertz CT molecular complexity index is 309. The normalized spacial score (nSPS) is 29.5. The van der Waals surface area contributed by atoms with Gasteiger partial charge in [-0.05, 0) is 13.0 Å². The molecule has 1 amide bonds. The topological polar surface area (TPSA) is 44.8 Å². The number of rotatable bonds is 5. The molecule has 0 spiro atoms. The molecule has 2 aliphatic rings. The predicted octanol–water partition coefficient (Wildman–Crippen LogP) is 0.306. The number of carbonyl (C=O) groups is 1. The molecule has 5 nitrogen and oxygen atoms in total. The second kappa shape index (κ2) is 6.68. The maximum atomic E-state index is 12.3. The van der Waals surface area contributed by atoms with Crippen molar-refractivity contribution in [2.45, 2.75) is 45.4 Å². The average Bonchev–Trinajstić information content (AvgIpc) is 2.71. The molecule has 2 unspecified atom stereocenters. The lowest BCUT2D eigenvalue weighted by atomic mass is 10.2. The molecule has 110 valence electrons.